The number of carboxylic acid groups (broad SMARTS) is 1. The van der Waals surface area contributed by atoms with Gasteiger partial charge in [0.15, 0.2) is 0 Å². The van der Waals surface area contributed by atoms with Crippen LogP contribution in [0.15, 0.2) is 18.3 Å². The maximum Gasteiger partial charge on any atom is 0.407 e. The van der Waals surface area contributed by atoms with E-state index in [4.69, 9.17) is 9.84 Å². The first-order chi connectivity index (χ1) is 7.20. The SMILES string of the molecule is COc1ccc(C2CN(C(=O)O)C2)cn1. The summed E-state index contributed by atoms with van der Waals surface area (Å²) in [7, 11) is 1.57. The zero-order valence-electron chi connectivity index (χ0n) is 8.38. The number of ether oxygens (including phenoxy) is 1. The van der Waals surface area contributed by atoms with Gasteiger partial charge < -0.3 is 14.7 Å². The minimum absolute atomic E-state index is 0.277. The average Bonchev–Trinajstić information content (AvgIpc) is 2.16. The molecular formula is C10H12N2O3. The Morgan fingerprint density at radius 2 is 2.33 bits per heavy atom. The van der Waals surface area contributed by atoms with E-state index in [1.54, 1.807) is 19.4 Å². The molecule has 0 aliphatic carbocycles. The van der Waals surface area contributed by atoms with Gasteiger partial charge in [-0.1, -0.05) is 6.07 Å². The van der Waals surface area contributed by atoms with E-state index < -0.39 is 6.09 Å². The van der Waals surface area contributed by atoms with Crippen LogP contribution in [0.25, 0.3) is 0 Å². The predicted octanol–water partition coefficient (Wildman–Crippen LogP) is 1.17. The number of nitrogens with zero attached hydrogens (tertiary/aromatic N) is 2. The Balaban J connectivity index is 1.98. The summed E-state index contributed by atoms with van der Waals surface area (Å²) in [4.78, 5) is 16.0. The van der Waals surface area contributed by atoms with Gasteiger partial charge in [-0.15, -0.1) is 0 Å². The fourth-order valence-electron chi connectivity index (χ4n) is 1.60. The molecular weight excluding hydrogens is 196 g/mol. The van der Waals surface area contributed by atoms with Crippen LogP contribution in [-0.2, 0) is 0 Å². The van der Waals surface area contributed by atoms with Crippen LogP contribution in [0.1, 0.15) is 11.5 Å². The van der Waals surface area contributed by atoms with E-state index in [-0.39, 0.29) is 5.92 Å². The number of hydrogen-bond acceptors (Lipinski definition) is 3. The molecule has 1 amide bonds. The summed E-state index contributed by atoms with van der Waals surface area (Å²) in [6, 6.07) is 3.72. The van der Waals surface area contributed by atoms with Crippen LogP contribution in [0.3, 0.4) is 0 Å². The van der Waals surface area contributed by atoms with Gasteiger partial charge in [-0.05, 0) is 5.56 Å². The highest BCUT2D eigenvalue weighted by Gasteiger charge is 2.31. The Hall–Kier alpha value is -1.78. The third-order valence-electron chi connectivity index (χ3n) is 2.59. The monoisotopic (exact) mass is 208 g/mol. The molecule has 1 aliphatic heterocycles. The highest BCUT2D eigenvalue weighted by molar-refractivity contribution is 5.66. The second kappa shape index (κ2) is 3.76. The fraction of sp³-hybridized carbons (Fsp3) is 0.400. The number of carbonyl (C=O) groups is 1. The smallest absolute Gasteiger partial charge is 0.407 e. The molecule has 80 valence electrons. The molecule has 2 rings (SSSR count). The summed E-state index contributed by atoms with van der Waals surface area (Å²) < 4.78 is 4.94. The number of likely N-dealkylation sites (tertiary alicyclic amines) is 1. The lowest BCUT2D eigenvalue weighted by atomic mass is 9.93. The molecule has 1 saturated heterocycles. The Bertz CT molecular complexity index is 357. The Morgan fingerprint density at radius 3 is 2.80 bits per heavy atom. The van der Waals surface area contributed by atoms with Gasteiger partial charge in [-0.2, -0.15) is 0 Å². The van der Waals surface area contributed by atoms with Gasteiger partial charge in [0.25, 0.3) is 0 Å². The first kappa shape index (κ1) is 9.76. The van der Waals surface area contributed by atoms with E-state index in [1.165, 1.54) is 4.90 Å². The van der Waals surface area contributed by atoms with Crippen molar-refractivity contribution in [3.05, 3.63) is 23.9 Å². The number of rotatable bonds is 2. The van der Waals surface area contributed by atoms with Crippen LogP contribution in [0.2, 0.25) is 0 Å². The molecule has 0 radical (unpaired) electrons. The Labute approximate surface area is 87.3 Å². The van der Waals surface area contributed by atoms with Crippen LogP contribution in [-0.4, -0.2) is 41.3 Å². The van der Waals surface area contributed by atoms with E-state index >= 15 is 0 Å². The lowest BCUT2D eigenvalue weighted by molar-refractivity contribution is 0.105. The third-order valence-corrected chi connectivity index (χ3v) is 2.59. The van der Waals surface area contributed by atoms with E-state index in [1.807, 2.05) is 6.07 Å². The second-order valence-electron chi connectivity index (χ2n) is 3.52. The van der Waals surface area contributed by atoms with Crippen LogP contribution < -0.4 is 4.74 Å². The standard InChI is InChI=1S/C10H12N2O3/c1-15-9-3-2-7(4-11-9)8-5-12(6-8)10(13)14/h2-4,8H,5-6H2,1H3,(H,13,14). The molecule has 1 aliphatic rings. The van der Waals surface area contributed by atoms with Gasteiger partial charge in [0, 0.05) is 31.3 Å². The molecule has 1 N–H and O–H groups in total. The summed E-state index contributed by atoms with van der Waals surface area (Å²) in [6.07, 6.45) is 0.885. The molecule has 0 bridgehead atoms. The number of methoxy groups -OCH3 is 1. The van der Waals surface area contributed by atoms with Crippen LogP contribution in [0, 0.1) is 0 Å². The third kappa shape index (κ3) is 1.86. The molecule has 0 saturated carbocycles. The topological polar surface area (TPSA) is 62.7 Å². The Morgan fingerprint density at radius 1 is 1.60 bits per heavy atom. The van der Waals surface area contributed by atoms with Crippen molar-refractivity contribution in [1.29, 1.82) is 0 Å². The first-order valence-electron chi connectivity index (χ1n) is 4.68. The molecule has 2 heterocycles. The van der Waals surface area contributed by atoms with Crippen LogP contribution in [0.5, 0.6) is 5.88 Å². The van der Waals surface area contributed by atoms with Crippen molar-refractivity contribution in [1.82, 2.24) is 9.88 Å². The zero-order chi connectivity index (χ0) is 10.8. The van der Waals surface area contributed by atoms with Crippen LogP contribution >= 0.6 is 0 Å². The zero-order valence-corrected chi connectivity index (χ0v) is 8.38. The Kier molecular flexibility index (Phi) is 2.45. The first-order valence-corrected chi connectivity index (χ1v) is 4.68. The highest BCUT2D eigenvalue weighted by Crippen LogP contribution is 2.26. The quantitative estimate of drug-likeness (QED) is 0.792. The molecule has 5 heteroatoms. The average molecular weight is 208 g/mol. The van der Waals surface area contributed by atoms with Crippen molar-refractivity contribution in [3.63, 3.8) is 0 Å². The van der Waals surface area contributed by atoms with Gasteiger partial charge >= 0.3 is 6.09 Å². The molecule has 0 spiro atoms. The lowest BCUT2D eigenvalue weighted by Crippen LogP contribution is -2.47. The van der Waals surface area contributed by atoms with E-state index in [9.17, 15) is 4.79 Å². The second-order valence-corrected chi connectivity index (χ2v) is 3.52. The summed E-state index contributed by atoms with van der Waals surface area (Å²) in [5, 5.41) is 8.67. The maximum atomic E-state index is 10.5. The largest absolute Gasteiger partial charge is 0.481 e. The lowest BCUT2D eigenvalue weighted by Gasteiger charge is -2.37. The molecule has 1 fully saturated rings. The fourth-order valence-corrected chi connectivity index (χ4v) is 1.60. The molecule has 15 heavy (non-hydrogen) atoms. The molecule has 1 aromatic rings. The van der Waals surface area contributed by atoms with E-state index in [0.717, 1.165) is 5.56 Å². The molecule has 5 nitrogen and oxygen atoms in total. The van der Waals surface area contributed by atoms with Gasteiger partial charge in [0.05, 0.1) is 7.11 Å². The van der Waals surface area contributed by atoms with E-state index in [2.05, 4.69) is 4.98 Å². The molecule has 0 aromatic carbocycles. The minimum Gasteiger partial charge on any atom is -0.481 e. The predicted molar refractivity (Wildman–Crippen MR) is 53.1 cm³/mol. The highest BCUT2D eigenvalue weighted by atomic mass is 16.5. The number of aromatic nitrogens is 1. The summed E-state index contributed by atoms with van der Waals surface area (Å²) in [6.45, 7) is 1.12. The van der Waals surface area contributed by atoms with E-state index in [0.29, 0.717) is 19.0 Å². The van der Waals surface area contributed by atoms with Gasteiger partial charge in [-0.3, -0.25) is 0 Å². The van der Waals surface area contributed by atoms with Crippen molar-refractivity contribution in [3.8, 4) is 5.88 Å². The number of pyridine rings is 1. The molecule has 0 unspecified atom stereocenters. The number of hydrogen-bond donors (Lipinski definition) is 1. The summed E-state index contributed by atoms with van der Waals surface area (Å²) in [5.74, 6) is 0.854. The van der Waals surface area contributed by atoms with Crippen LogP contribution in [0.4, 0.5) is 4.79 Å². The van der Waals surface area contributed by atoms with Crippen molar-refractivity contribution in [2.45, 2.75) is 5.92 Å². The van der Waals surface area contributed by atoms with Gasteiger partial charge in [-0.25, -0.2) is 9.78 Å². The molecule has 0 atom stereocenters. The summed E-state index contributed by atoms with van der Waals surface area (Å²) >= 11 is 0. The minimum atomic E-state index is -0.854. The van der Waals surface area contributed by atoms with Crippen molar-refractivity contribution in [2.75, 3.05) is 20.2 Å². The van der Waals surface area contributed by atoms with Crippen molar-refractivity contribution < 1.29 is 14.6 Å². The summed E-state index contributed by atoms with van der Waals surface area (Å²) in [5.41, 5.74) is 1.06. The molecule has 1 aromatic heterocycles. The van der Waals surface area contributed by atoms with Gasteiger partial charge in [0.1, 0.15) is 0 Å². The van der Waals surface area contributed by atoms with Crippen molar-refractivity contribution in [2.24, 2.45) is 0 Å². The number of amides is 1. The van der Waals surface area contributed by atoms with Crippen molar-refractivity contribution >= 4 is 6.09 Å². The maximum absolute atomic E-state index is 10.5. The van der Waals surface area contributed by atoms with Gasteiger partial charge in [0.2, 0.25) is 5.88 Å². The normalized spacial score (nSPS) is 15.9.